The third-order valence-electron chi connectivity index (χ3n) is 6.62. The third-order valence-corrected chi connectivity index (χ3v) is 6.62. The summed E-state index contributed by atoms with van der Waals surface area (Å²) in [6, 6.07) is 19.4. The van der Waals surface area contributed by atoms with Gasteiger partial charge in [-0.15, -0.1) is 0 Å². The average Bonchev–Trinajstić information content (AvgIpc) is 3.10. The molecule has 1 aliphatic rings. The Balaban J connectivity index is 1.60. The minimum atomic E-state index is -0.514. The predicted octanol–water partition coefficient (Wildman–Crippen LogP) is 2.86. The summed E-state index contributed by atoms with van der Waals surface area (Å²) in [5, 5.41) is 0. The fraction of sp³-hybridized carbons (Fsp3) is 0.333. The third kappa shape index (κ3) is 4.82. The van der Waals surface area contributed by atoms with Gasteiger partial charge in [0, 0.05) is 19.6 Å². The van der Waals surface area contributed by atoms with Crippen LogP contribution in [0.2, 0.25) is 0 Å². The number of hydrogen-bond donors (Lipinski definition) is 0. The van der Waals surface area contributed by atoms with Crippen LogP contribution < -0.4 is 11.2 Å². The molecular weight excluding hydrogens is 442 g/mol. The number of fused-ring (bicyclic) bond motifs is 1. The van der Waals surface area contributed by atoms with E-state index in [4.69, 9.17) is 0 Å². The van der Waals surface area contributed by atoms with E-state index in [1.807, 2.05) is 60.7 Å². The Labute approximate surface area is 203 Å². The van der Waals surface area contributed by atoms with Crippen LogP contribution in [0.5, 0.6) is 0 Å². The van der Waals surface area contributed by atoms with Gasteiger partial charge in [-0.3, -0.25) is 14.2 Å². The highest BCUT2D eigenvalue weighted by molar-refractivity contribution is 5.77. The second-order valence-electron chi connectivity index (χ2n) is 9.07. The lowest BCUT2D eigenvalue weighted by molar-refractivity contribution is -0.131. The molecule has 2 aromatic carbocycles. The summed E-state index contributed by atoms with van der Waals surface area (Å²) in [5.74, 6) is -0.189. The zero-order chi connectivity index (χ0) is 24.2. The fourth-order valence-electron chi connectivity index (χ4n) is 4.74. The highest BCUT2D eigenvalue weighted by Crippen LogP contribution is 2.13. The molecule has 2 aromatic heterocycles. The number of amides is 1. The Hall–Kier alpha value is -3.94. The predicted molar refractivity (Wildman–Crippen MR) is 134 cm³/mol. The van der Waals surface area contributed by atoms with Crippen molar-refractivity contribution in [3.63, 3.8) is 0 Å². The molecule has 1 aliphatic heterocycles. The molecule has 3 heterocycles. The van der Waals surface area contributed by atoms with Gasteiger partial charge in [0.05, 0.1) is 12.9 Å². The molecule has 35 heavy (non-hydrogen) atoms. The molecule has 8 heteroatoms. The van der Waals surface area contributed by atoms with Crippen LogP contribution in [0.15, 0.2) is 76.6 Å². The van der Waals surface area contributed by atoms with Crippen molar-refractivity contribution in [3.05, 3.63) is 99.0 Å². The molecule has 0 bridgehead atoms. The van der Waals surface area contributed by atoms with E-state index in [9.17, 15) is 14.4 Å². The Morgan fingerprint density at radius 3 is 2.00 bits per heavy atom. The van der Waals surface area contributed by atoms with Gasteiger partial charge in [-0.05, 0) is 24.0 Å². The number of carbonyl (C=O) groups excluding carboxylic acids is 1. The molecule has 8 nitrogen and oxygen atoms in total. The summed E-state index contributed by atoms with van der Waals surface area (Å²) in [7, 11) is 0. The molecule has 1 fully saturated rings. The highest BCUT2D eigenvalue weighted by Gasteiger charge is 2.22. The van der Waals surface area contributed by atoms with Gasteiger partial charge in [0.2, 0.25) is 5.91 Å². The monoisotopic (exact) mass is 471 g/mol. The normalized spacial score (nSPS) is 14.2. The van der Waals surface area contributed by atoms with E-state index in [-0.39, 0.29) is 19.0 Å². The van der Waals surface area contributed by atoms with Gasteiger partial charge in [-0.25, -0.2) is 14.3 Å². The Morgan fingerprint density at radius 2 is 1.37 bits per heavy atom. The maximum atomic E-state index is 13.6. The number of rotatable bonds is 6. The fourth-order valence-corrected chi connectivity index (χ4v) is 4.74. The Kier molecular flexibility index (Phi) is 6.61. The number of aromatic nitrogens is 4. The van der Waals surface area contributed by atoms with Crippen LogP contribution in [0.25, 0.3) is 11.2 Å². The van der Waals surface area contributed by atoms with Crippen molar-refractivity contribution in [2.24, 2.45) is 0 Å². The van der Waals surface area contributed by atoms with E-state index >= 15 is 0 Å². The van der Waals surface area contributed by atoms with Crippen LogP contribution in [0.1, 0.15) is 36.8 Å². The first-order chi connectivity index (χ1) is 17.1. The molecule has 5 rings (SSSR count). The summed E-state index contributed by atoms with van der Waals surface area (Å²) in [6.45, 7) is 1.77. The van der Waals surface area contributed by atoms with Gasteiger partial charge < -0.3 is 9.47 Å². The van der Waals surface area contributed by atoms with E-state index < -0.39 is 11.2 Å². The van der Waals surface area contributed by atoms with Crippen LogP contribution in [0.3, 0.4) is 0 Å². The van der Waals surface area contributed by atoms with Crippen molar-refractivity contribution in [2.45, 2.75) is 45.3 Å². The van der Waals surface area contributed by atoms with Crippen LogP contribution in [-0.2, 0) is 24.4 Å². The molecule has 0 N–H and O–H groups in total. The Morgan fingerprint density at radius 1 is 0.771 bits per heavy atom. The highest BCUT2D eigenvalue weighted by atomic mass is 16.2. The van der Waals surface area contributed by atoms with E-state index in [1.54, 1.807) is 15.8 Å². The minimum Gasteiger partial charge on any atom is -0.341 e. The quantitative estimate of drug-likeness (QED) is 0.433. The summed E-state index contributed by atoms with van der Waals surface area (Å²) in [5.41, 5.74) is 1.59. The molecule has 0 atom stereocenters. The molecule has 0 aliphatic carbocycles. The van der Waals surface area contributed by atoms with Crippen LogP contribution >= 0.6 is 0 Å². The maximum Gasteiger partial charge on any atom is 0.333 e. The molecule has 0 radical (unpaired) electrons. The molecule has 1 amide bonds. The first-order valence-corrected chi connectivity index (χ1v) is 12.2. The van der Waals surface area contributed by atoms with Crippen LogP contribution in [0.4, 0.5) is 0 Å². The van der Waals surface area contributed by atoms with Gasteiger partial charge in [0.1, 0.15) is 6.54 Å². The standard InChI is InChI=1S/C27H29N5O3/c33-23(29-15-9-1-2-10-16-29)19-32-26(34)24-25(28-20-30(24)17-21-11-5-3-6-12-21)31(27(32)35)18-22-13-7-4-8-14-22/h3-8,11-14,20H,1-2,9-10,15-19H2. The summed E-state index contributed by atoms with van der Waals surface area (Å²) >= 11 is 0. The van der Waals surface area contributed by atoms with Crippen molar-refractivity contribution in [2.75, 3.05) is 13.1 Å². The summed E-state index contributed by atoms with van der Waals surface area (Å²) in [4.78, 5) is 46.6. The van der Waals surface area contributed by atoms with Gasteiger partial charge in [0.15, 0.2) is 11.2 Å². The van der Waals surface area contributed by atoms with Crippen molar-refractivity contribution < 1.29 is 4.79 Å². The molecular formula is C27H29N5O3. The summed E-state index contributed by atoms with van der Waals surface area (Å²) < 4.78 is 4.35. The first-order valence-electron chi connectivity index (χ1n) is 12.2. The number of likely N-dealkylation sites (tertiary alicyclic amines) is 1. The largest absolute Gasteiger partial charge is 0.341 e. The van der Waals surface area contributed by atoms with Gasteiger partial charge in [-0.2, -0.15) is 0 Å². The number of carbonyl (C=O) groups is 1. The smallest absolute Gasteiger partial charge is 0.333 e. The van der Waals surface area contributed by atoms with Gasteiger partial charge in [0.25, 0.3) is 5.56 Å². The minimum absolute atomic E-state index is 0.189. The lowest BCUT2D eigenvalue weighted by Gasteiger charge is -2.21. The van der Waals surface area contributed by atoms with E-state index in [0.29, 0.717) is 30.8 Å². The SMILES string of the molecule is O=C(Cn1c(=O)c2c(ncn2Cc2ccccc2)n(Cc2ccccc2)c1=O)N1CCCCCC1. The topological polar surface area (TPSA) is 82.1 Å². The molecule has 0 saturated carbocycles. The van der Waals surface area contributed by atoms with E-state index in [0.717, 1.165) is 41.4 Å². The molecule has 180 valence electrons. The first kappa shape index (κ1) is 22.8. The zero-order valence-electron chi connectivity index (χ0n) is 19.7. The molecule has 1 saturated heterocycles. The van der Waals surface area contributed by atoms with Crippen molar-refractivity contribution in [1.29, 1.82) is 0 Å². The van der Waals surface area contributed by atoms with Crippen molar-refractivity contribution in [1.82, 2.24) is 23.6 Å². The second-order valence-corrected chi connectivity index (χ2v) is 9.07. The number of imidazole rings is 1. The molecule has 0 spiro atoms. The number of nitrogens with zero attached hydrogens (tertiary/aromatic N) is 5. The average molecular weight is 472 g/mol. The van der Waals surface area contributed by atoms with Gasteiger partial charge >= 0.3 is 5.69 Å². The van der Waals surface area contributed by atoms with Crippen LogP contribution in [-0.4, -0.2) is 42.6 Å². The van der Waals surface area contributed by atoms with E-state index in [2.05, 4.69) is 4.98 Å². The van der Waals surface area contributed by atoms with Gasteiger partial charge in [-0.1, -0.05) is 73.5 Å². The number of benzene rings is 2. The second kappa shape index (κ2) is 10.1. The Bertz CT molecular complexity index is 1430. The van der Waals surface area contributed by atoms with Crippen molar-refractivity contribution in [3.8, 4) is 0 Å². The molecule has 4 aromatic rings. The molecule has 0 unspecified atom stereocenters. The van der Waals surface area contributed by atoms with E-state index in [1.165, 1.54) is 4.57 Å². The lowest BCUT2D eigenvalue weighted by Crippen LogP contribution is -2.45. The zero-order valence-corrected chi connectivity index (χ0v) is 19.7. The van der Waals surface area contributed by atoms with Crippen LogP contribution in [0, 0.1) is 0 Å². The lowest BCUT2D eigenvalue weighted by atomic mass is 10.2. The summed E-state index contributed by atoms with van der Waals surface area (Å²) in [6.07, 6.45) is 5.68. The number of hydrogen-bond acceptors (Lipinski definition) is 4. The van der Waals surface area contributed by atoms with Crippen molar-refractivity contribution >= 4 is 17.1 Å². The maximum absolute atomic E-state index is 13.6.